The molecule has 2 aromatic rings. The summed E-state index contributed by atoms with van der Waals surface area (Å²) in [6.45, 7) is 0.138. The van der Waals surface area contributed by atoms with E-state index in [1.165, 1.54) is 12.1 Å². The third-order valence-corrected chi connectivity index (χ3v) is 4.07. The van der Waals surface area contributed by atoms with E-state index in [0.717, 1.165) is 11.8 Å². The summed E-state index contributed by atoms with van der Waals surface area (Å²) in [5.41, 5.74) is 0.425. The zero-order valence-electron chi connectivity index (χ0n) is 10.8. The number of ether oxygens (including phenoxy) is 1. The first-order valence-corrected chi connectivity index (χ1v) is 7.31. The van der Waals surface area contributed by atoms with Gasteiger partial charge in [0, 0.05) is 18.8 Å². The predicted molar refractivity (Wildman–Crippen MR) is 74.1 cm³/mol. The van der Waals surface area contributed by atoms with Gasteiger partial charge in [-0.1, -0.05) is 12.1 Å². The summed E-state index contributed by atoms with van der Waals surface area (Å²) in [6, 6.07) is 9.52. The number of aromatic amines is 1. The molecule has 0 aliphatic rings. The molecule has 2 N–H and O–H groups in total. The minimum atomic E-state index is -3.66. The van der Waals surface area contributed by atoms with Crippen LogP contribution in [0.3, 0.4) is 0 Å². The SMILES string of the molecule is COc1cccc(CNS(=O)(=O)c2ccc(=O)[nH]c2)c1. The molecule has 0 unspecified atom stereocenters. The fraction of sp³-hybridized carbons (Fsp3) is 0.154. The molecule has 2 rings (SSSR count). The standard InChI is InChI=1S/C13H14N2O4S/c1-19-11-4-2-3-10(7-11)8-15-20(17,18)12-5-6-13(16)14-9-12/h2-7,9,15H,8H2,1H3,(H,14,16). The van der Waals surface area contributed by atoms with Crippen molar-refractivity contribution in [3.05, 3.63) is 58.5 Å². The monoisotopic (exact) mass is 294 g/mol. The Morgan fingerprint density at radius 1 is 1.25 bits per heavy atom. The Labute approximate surface area is 116 Å². The van der Waals surface area contributed by atoms with Crippen molar-refractivity contribution in [2.75, 3.05) is 7.11 Å². The Morgan fingerprint density at radius 2 is 2.05 bits per heavy atom. The van der Waals surface area contributed by atoms with Crippen molar-refractivity contribution in [1.82, 2.24) is 9.71 Å². The zero-order chi connectivity index (χ0) is 14.6. The molecule has 0 atom stereocenters. The minimum absolute atomic E-state index is 0.0139. The van der Waals surface area contributed by atoms with E-state index in [1.54, 1.807) is 31.4 Å². The highest BCUT2D eigenvalue weighted by Crippen LogP contribution is 2.13. The van der Waals surface area contributed by atoms with Gasteiger partial charge in [-0.2, -0.15) is 0 Å². The third kappa shape index (κ3) is 3.46. The number of H-pyrrole nitrogens is 1. The molecule has 106 valence electrons. The highest BCUT2D eigenvalue weighted by Gasteiger charge is 2.13. The second-order valence-electron chi connectivity index (χ2n) is 4.06. The molecule has 0 saturated heterocycles. The second-order valence-corrected chi connectivity index (χ2v) is 5.83. The maximum Gasteiger partial charge on any atom is 0.247 e. The Bertz CT molecular complexity index is 732. The molecule has 0 spiro atoms. The molecule has 0 aliphatic carbocycles. The fourth-order valence-corrected chi connectivity index (χ4v) is 2.59. The number of aromatic nitrogens is 1. The highest BCUT2D eigenvalue weighted by molar-refractivity contribution is 7.89. The maximum absolute atomic E-state index is 12.0. The van der Waals surface area contributed by atoms with Crippen molar-refractivity contribution >= 4 is 10.0 Å². The fourth-order valence-electron chi connectivity index (χ4n) is 1.61. The number of methoxy groups -OCH3 is 1. The molecule has 0 bridgehead atoms. The molecule has 0 aliphatic heterocycles. The average molecular weight is 294 g/mol. The molecular formula is C13H14N2O4S. The lowest BCUT2D eigenvalue weighted by Crippen LogP contribution is -2.24. The van der Waals surface area contributed by atoms with Gasteiger partial charge in [0.1, 0.15) is 5.75 Å². The minimum Gasteiger partial charge on any atom is -0.497 e. The lowest BCUT2D eigenvalue weighted by atomic mass is 10.2. The maximum atomic E-state index is 12.0. The van der Waals surface area contributed by atoms with Crippen molar-refractivity contribution in [2.45, 2.75) is 11.4 Å². The molecule has 20 heavy (non-hydrogen) atoms. The number of sulfonamides is 1. The van der Waals surface area contributed by atoms with Crippen molar-refractivity contribution in [3.63, 3.8) is 0 Å². The first-order valence-electron chi connectivity index (χ1n) is 5.82. The van der Waals surface area contributed by atoms with E-state index in [4.69, 9.17) is 4.74 Å². The van der Waals surface area contributed by atoms with E-state index in [2.05, 4.69) is 9.71 Å². The summed E-state index contributed by atoms with van der Waals surface area (Å²) in [6.07, 6.45) is 1.16. The molecule has 0 saturated carbocycles. The molecule has 0 radical (unpaired) electrons. The van der Waals surface area contributed by atoms with Gasteiger partial charge >= 0.3 is 0 Å². The average Bonchev–Trinajstić information content (AvgIpc) is 2.46. The first kappa shape index (κ1) is 14.3. The predicted octanol–water partition coefficient (Wildman–Crippen LogP) is 0.862. The van der Waals surface area contributed by atoms with Crippen LogP contribution in [0.1, 0.15) is 5.56 Å². The summed E-state index contributed by atoms with van der Waals surface area (Å²) in [5.74, 6) is 0.658. The van der Waals surface area contributed by atoms with Gasteiger partial charge in [0.05, 0.1) is 12.0 Å². The molecule has 1 aromatic carbocycles. The van der Waals surface area contributed by atoms with Crippen LogP contribution in [0.15, 0.2) is 52.3 Å². The second kappa shape index (κ2) is 5.89. The van der Waals surface area contributed by atoms with Gasteiger partial charge in [0.2, 0.25) is 15.6 Å². The number of rotatable bonds is 5. The van der Waals surface area contributed by atoms with Crippen molar-refractivity contribution < 1.29 is 13.2 Å². The van der Waals surface area contributed by atoms with Crippen molar-refractivity contribution in [2.24, 2.45) is 0 Å². The van der Waals surface area contributed by atoms with E-state index >= 15 is 0 Å². The molecule has 6 nitrogen and oxygen atoms in total. The lowest BCUT2D eigenvalue weighted by Gasteiger charge is -2.07. The van der Waals surface area contributed by atoms with Gasteiger partial charge in [-0.25, -0.2) is 13.1 Å². The smallest absolute Gasteiger partial charge is 0.247 e. The Hall–Kier alpha value is -2.12. The quantitative estimate of drug-likeness (QED) is 0.856. The van der Waals surface area contributed by atoms with Crippen LogP contribution in [0.25, 0.3) is 0 Å². The highest BCUT2D eigenvalue weighted by atomic mass is 32.2. The van der Waals surface area contributed by atoms with Crippen LogP contribution in [0, 0.1) is 0 Å². The Balaban J connectivity index is 2.12. The van der Waals surface area contributed by atoms with Crippen LogP contribution >= 0.6 is 0 Å². The van der Waals surface area contributed by atoms with Crippen LogP contribution in [0.4, 0.5) is 0 Å². The Morgan fingerprint density at radius 3 is 2.70 bits per heavy atom. The van der Waals surface area contributed by atoms with E-state index in [0.29, 0.717) is 5.75 Å². The third-order valence-electron chi connectivity index (χ3n) is 2.67. The molecule has 7 heteroatoms. The largest absolute Gasteiger partial charge is 0.497 e. The zero-order valence-corrected chi connectivity index (χ0v) is 11.6. The molecule has 0 amide bonds. The molecule has 1 heterocycles. The normalized spacial score (nSPS) is 11.2. The summed E-state index contributed by atoms with van der Waals surface area (Å²) in [4.78, 5) is 13.3. The summed E-state index contributed by atoms with van der Waals surface area (Å²) in [7, 11) is -2.11. The van der Waals surface area contributed by atoms with Gasteiger partial charge in [-0.05, 0) is 23.8 Å². The number of hydrogen-bond acceptors (Lipinski definition) is 4. The van der Waals surface area contributed by atoms with Gasteiger partial charge in [-0.3, -0.25) is 4.79 Å². The molecule has 1 aromatic heterocycles. The van der Waals surface area contributed by atoms with E-state index < -0.39 is 10.0 Å². The summed E-state index contributed by atoms with van der Waals surface area (Å²) >= 11 is 0. The summed E-state index contributed by atoms with van der Waals surface area (Å²) in [5, 5.41) is 0. The van der Waals surface area contributed by atoms with Crippen molar-refractivity contribution in [1.29, 1.82) is 0 Å². The lowest BCUT2D eigenvalue weighted by molar-refractivity contribution is 0.414. The van der Waals surface area contributed by atoms with Gasteiger partial charge in [-0.15, -0.1) is 0 Å². The molecule has 0 fully saturated rings. The van der Waals surface area contributed by atoms with E-state index in [9.17, 15) is 13.2 Å². The molecular weight excluding hydrogens is 280 g/mol. The van der Waals surface area contributed by atoms with Crippen LogP contribution in [0.2, 0.25) is 0 Å². The van der Waals surface area contributed by atoms with Gasteiger partial charge < -0.3 is 9.72 Å². The van der Waals surface area contributed by atoms with Crippen LogP contribution in [-0.2, 0) is 16.6 Å². The number of nitrogens with one attached hydrogen (secondary N) is 2. The number of pyridine rings is 1. The number of benzene rings is 1. The van der Waals surface area contributed by atoms with Crippen molar-refractivity contribution in [3.8, 4) is 5.75 Å². The van der Waals surface area contributed by atoms with E-state index in [-0.39, 0.29) is 17.0 Å². The van der Waals surface area contributed by atoms with Crippen LogP contribution < -0.4 is 15.0 Å². The first-order chi connectivity index (χ1) is 9.51. The van der Waals surface area contributed by atoms with Crippen LogP contribution in [0.5, 0.6) is 5.75 Å². The Kier molecular flexibility index (Phi) is 4.21. The summed E-state index contributed by atoms with van der Waals surface area (Å²) < 4.78 is 31.5. The van der Waals surface area contributed by atoms with Gasteiger partial charge in [0.25, 0.3) is 0 Å². The topological polar surface area (TPSA) is 88.3 Å². The van der Waals surface area contributed by atoms with Gasteiger partial charge in [0.15, 0.2) is 0 Å². The van der Waals surface area contributed by atoms with Crippen LogP contribution in [-0.4, -0.2) is 20.5 Å². The van der Waals surface area contributed by atoms with E-state index in [1.807, 2.05) is 0 Å². The number of hydrogen-bond donors (Lipinski definition) is 2.